The summed E-state index contributed by atoms with van der Waals surface area (Å²) in [6.45, 7) is 20.3. The van der Waals surface area contributed by atoms with Crippen LogP contribution < -0.4 is 14.1 Å². The van der Waals surface area contributed by atoms with Gasteiger partial charge in [0, 0.05) is 12.3 Å². The fraction of sp³-hybridized carbons (Fsp3) is 0.643. The highest BCUT2D eigenvalue weighted by molar-refractivity contribution is 6.78. The number of methoxy groups -OCH3 is 1. The molecule has 0 bridgehead atoms. The van der Waals surface area contributed by atoms with Gasteiger partial charge in [-0.25, -0.2) is 9.69 Å². The van der Waals surface area contributed by atoms with Crippen LogP contribution in [-0.4, -0.2) is 55.3 Å². The largest absolute Gasteiger partial charge is 0.540 e. The standard InChI is InChI=1S/C28H44N2O6Si/c1-16(2)37(17(3)4,18(5)6)36-24-14-21-20(13-23(24)34-11)25(31)29-15-19(7)12-22(29)26(32)30(21)27(33)35-28(8,9)10/h13-18,22,26,32H,12H2,1-11H3/t22-,26-/m0/s1. The second kappa shape index (κ2) is 10.3. The van der Waals surface area contributed by atoms with E-state index in [2.05, 4.69) is 41.5 Å². The summed E-state index contributed by atoms with van der Waals surface area (Å²) in [5.41, 5.74) is 1.53. The average Bonchev–Trinajstić information content (AvgIpc) is 3.13. The molecular formula is C28H44N2O6Si. The topological polar surface area (TPSA) is 88.5 Å². The second-order valence-electron chi connectivity index (χ2n) is 12.2. The van der Waals surface area contributed by atoms with Crippen LogP contribution in [-0.2, 0) is 4.74 Å². The van der Waals surface area contributed by atoms with E-state index in [4.69, 9.17) is 13.9 Å². The Kier molecular flexibility index (Phi) is 8.10. The minimum Gasteiger partial charge on any atom is -0.540 e. The lowest BCUT2D eigenvalue weighted by molar-refractivity contribution is 0.0336. The van der Waals surface area contributed by atoms with E-state index in [-0.39, 0.29) is 17.2 Å². The molecule has 9 heteroatoms. The van der Waals surface area contributed by atoms with Crippen molar-refractivity contribution in [3.63, 3.8) is 0 Å². The number of anilines is 1. The molecule has 2 amide bonds. The maximum atomic E-state index is 13.8. The highest BCUT2D eigenvalue weighted by Gasteiger charge is 2.49. The number of ether oxygens (including phenoxy) is 2. The third kappa shape index (κ3) is 5.25. The molecule has 0 saturated heterocycles. The van der Waals surface area contributed by atoms with E-state index in [1.54, 1.807) is 46.2 Å². The molecule has 3 rings (SSSR count). The van der Waals surface area contributed by atoms with E-state index in [1.165, 1.54) is 9.80 Å². The van der Waals surface area contributed by atoms with Crippen molar-refractivity contribution < 1.29 is 28.6 Å². The maximum absolute atomic E-state index is 13.8. The van der Waals surface area contributed by atoms with Crippen LogP contribution >= 0.6 is 0 Å². The molecule has 8 nitrogen and oxygen atoms in total. The van der Waals surface area contributed by atoms with Gasteiger partial charge in [0.25, 0.3) is 14.2 Å². The fourth-order valence-corrected chi connectivity index (χ4v) is 11.2. The van der Waals surface area contributed by atoms with Gasteiger partial charge in [0.05, 0.1) is 24.4 Å². The number of rotatable bonds is 6. The Morgan fingerprint density at radius 3 is 2.11 bits per heavy atom. The first kappa shape index (κ1) is 29.0. The molecule has 0 aromatic heterocycles. The Morgan fingerprint density at radius 1 is 1.05 bits per heavy atom. The van der Waals surface area contributed by atoms with Crippen molar-refractivity contribution in [2.45, 2.75) is 110 Å². The van der Waals surface area contributed by atoms with E-state index in [0.717, 1.165) is 5.57 Å². The number of fused-ring (bicyclic) bond motifs is 2. The Bertz CT molecular complexity index is 1050. The Hall–Kier alpha value is -2.52. The zero-order chi connectivity index (χ0) is 28.0. The molecule has 2 heterocycles. The van der Waals surface area contributed by atoms with Crippen LogP contribution in [0.2, 0.25) is 16.6 Å². The van der Waals surface area contributed by atoms with Crippen molar-refractivity contribution in [3.8, 4) is 11.5 Å². The smallest absolute Gasteiger partial charge is 0.417 e. The molecular weight excluding hydrogens is 488 g/mol. The molecule has 0 spiro atoms. The van der Waals surface area contributed by atoms with Crippen LogP contribution in [0.15, 0.2) is 23.9 Å². The lowest BCUT2D eigenvalue weighted by Gasteiger charge is -2.42. The molecule has 0 fully saturated rings. The van der Waals surface area contributed by atoms with Gasteiger partial charge >= 0.3 is 6.09 Å². The van der Waals surface area contributed by atoms with Crippen molar-refractivity contribution in [1.29, 1.82) is 0 Å². The van der Waals surface area contributed by atoms with Crippen molar-refractivity contribution in [2.24, 2.45) is 0 Å². The van der Waals surface area contributed by atoms with Crippen LogP contribution in [0.3, 0.4) is 0 Å². The van der Waals surface area contributed by atoms with Crippen LogP contribution in [0.1, 0.15) is 86.0 Å². The minimum absolute atomic E-state index is 0.244. The first-order valence-electron chi connectivity index (χ1n) is 13.2. The van der Waals surface area contributed by atoms with E-state index >= 15 is 0 Å². The third-order valence-electron chi connectivity index (χ3n) is 7.45. The third-order valence-corrected chi connectivity index (χ3v) is 13.4. The van der Waals surface area contributed by atoms with Gasteiger partial charge in [-0.05, 0) is 56.8 Å². The fourth-order valence-electron chi connectivity index (χ4n) is 5.95. The van der Waals surface area contributed by atoms with Gasteiger partial charge in [0.2, 0.25) is 0 Å². The molecule has 0 saturated carbocycles. The Labute approximate surface area is 222 Å². The Balaban J connectivity index is 2.27. The molecule has 2 aliphatic heterocycles. The summed E-state index contributed by atoms with van der Waals surface area (Å²) in [5.74, 6) is 0.571. The van der Waals surface area contributed by atoms with Gasteiger partial charge < -0.3 is 23.9 Å². The Morgan fingerprint density at radius 2 is 1.62 bits per heavy atom. The van der Waals surface area contributed by atoms with Gasteiger partial charge in [-0.2, -0.15) is 0 Å². The molecule has 1 aromatic carbocycles. The van der Waals surface area contributed by atoms with Gasteiger partial charge in [-0.3, -0.25) is 4.79 Å². The van der Waals surface area contributed by atoms with E-state index in [9.17, 15) is 14.7 Å². The van der Waals surface area contributed by atoms with Crippen LogP contribution in [0.5, 0.6) is 11.5 Å². The minimum atomic E-state index is -2.41. The number of hydrogen-bond donors (Lipinski definition) is 1. The second-order valence-corrected chi connectivity index (χ2v) is 17.5. The number of nitrogens with zero attached hydrogens (tertiary/aromatic N) is 2. The van der Waals surface area contributed by atoms with Crippen LogP contribution in [0.4, 0.5) is 10.5 Å². The molecule has 0 unspecified atom stereocenters. The monoisotopic (exact) mass is 532 g/mol. The summed E-state index contributed by atoms with van der Waals surface area (Å²) in [6.07, 6.45) is 0.156. The SMILES string of the molecule is COc1cc2c(cc1O[Si](C(C)C)(C(C)C)C(C)C)N(C(=O)OC(C)(C)C)[C@@H](O)[C@@H]1CC(C)=CN1C2=O. The van der Waals surface area contributed by atoms with Gasteiger partial charge in [0.1, 0.15) is 11.4 Å². The van der Waals surface area contributed by atoms with Crippen LogP contribution in [0.25, 0.3) is 0 Å². The highest BCUT2D eigenvalue weighted by atomic mass is 28.4. The average molecular weight is 533 g/mol. The molecule has 1 aromatic rings. The van der Waals surface area contributed by atoms with Crippen molar-refractivity contribution in [1.82, 2.24) is 4.90 Å². The zero-order valence-electron chi connectivity index (χ0n) is 24.2. The molecule has 2 atom stereocenters. The highest BCUT2D eigenvalue weighted by Crippen LogP contribution is 2.47. The molecule has 0 radical (unpaired) electrons. The molecule has 37 heavy (non-hydrogen) atoms. The number of benzene rings is 1. The van der Waals surface area contributed by atoms with Gasteiger partial charge in [-0.1, -0.05) is 47.1 Å². The lowest BCUT2D eigenvalue weighted by atomic mass is 10.1. The molecule has 2 aliphatic rings. The summed E-state index contributed by atoms with van der Waals surface area (Å²) >= 11 is 0. The zero-order valence-corrected chi connectivity index (χ0v) is 25.2. The predicted molar refractivity (Wildman–Crippen MR) is 148 cm³/mol. The summed E-state index contributed by atoms with van der Waals surface area (Å²) in [7, 11) is -0.865. The maximum Gasteiger partial charge on any atom is 0.417 e. The number of amides is 2. The van der Waals surface area contributed by atoms with Crippen molar-refractivity contribution in [2.75, 3.05) is 12.0 Å². The number of carbonyl (C=O) groups is 2. The number of aliphatic hydroxyl groups excluding tert-OH is 1. The number of hydrogen-bond acceptors (Lipinski definition) is 6. The predicted octanol–water partition coefficient (Wildman–Crippen LogP) is 6.44. The quantitative estimate of drug-likeness (QED) is 0.424. The van der Waals surface area contributed by atoms with Gasteiger partial charge in [-0.15, -0.1) is 0 Å². The van der Waals surface area contributed by atoms with Crippen molar-refractivity contribution >= 4 is 26.0 Å². The lowest BCUT2D eigenvalue weighted by Crippen LogP contribution is -2.52. The van der Waals surface area contributed by atoms with Gasteiger partial charge in [0.15, 0.2) is 12.0 Å². The number of carbonyl (C=O) groups excluding carboxylic acids is 2. The summed E-state index contributed by atoms with van der Waals surface area (Å²) in [4.78, 5) is 30.0. The van der Waals surface area contributed by atoms with E-state index < -0.39 is 32.3 Å². The summed E-state index contributed by atoms with van der Waals surface area (Å²) in [6, 6.07) is 2.67. The normalized spacial score (nSPS) is 20.2. The first-order valence-corrected chi connectivity index (χ1v) is 15.3. The number of aliphatic hydroxyl groups is 1. The van der Waals surface area contributed by atoms with E-state index in [1.807, 2.05) is 6.92 Å². The van der Waals surface area contributed by atoms with Crippen molar-refractivity contribution in [3.05, 3.63) is 29.5 Å². The summed E-state index contributed by atoms with van der Waals surface area (Å²) < 4.78 is 18.4. The van der Waals surface area contributed by atoms with Crippen LogP contribution in [0, 0.1) is 0 Å². The van der Waals surface area contributed by atoms with E-state index in [0.29, 0.717) is 34.5 Å². The first-order chi connectivity index (χ1) is 17.0. The molecule has 0 aliphatic carbocycles. The molecule has 206 valence electrons. The molecule has 1 N–H and O–H groups in total. The summed E-state index contributed by atoms with van der Waals surface area (Å²) in [5, 5.41) is 11.5.